The van der Waals surface area contributed by atoms with Gasteiger partial charge in [-0.15, -0.1) is 11.8 Å². The molecule has 0 saturated heterocycles. The van der Waals surface area contributed by atoms with Crippen LogP contribution in [0.1, 0.15) is 34.6 Å². The summed E-state index contributed by atoms with van der Waals surface area (Å²) in [6.07, 6.45) is 1.69. The number of nitrogens with one attached hydrogen (secondary N) is 1. The molecular formula is C19H25F2NO2S. The van der Waals surface area contributed by atoms with Gasteiger partial charge < -0.3 is 10.4 Å². The largest absolute Gasteiger partial charge is 0.395 e. The second kappa shape index (κ2) is 8.15. The van der Waals surface area contributed by atoms with Crippen molar-refractivity contribution < 1.29 is 18.7 Å². The van der Waals surface area contributed by atoms with Crippen LogP contribution in [0.25, 0.3) is 0 Å². The lowest BCUT2D eigenvalue weighted by Crippen LogP contribution is -2.39. The van der Waals surface area contributed by atoms with Crippen molar-refractivity contribution in [2.75, 3.05) is 6.61 Å². The number of benzene rings is 1. The Morgan fingerprint density at radius 2 is 1.92 bits per heavy atom. The van der Waals surface area contributed by atoms with E-state index in [9.17, 15) is 18.7 Å². The Balaban J connectivity index is 2.86. The van der Waals surface area contributed by atoms with E-state index in [2.05, 4.69) is 11.9 Å². The molecule has 0 aliphatic rings. The third kappa shape index (κ3) is 5.68. The van der Waals surface area contributed by atoms with Gasteiger partial charge in [0.2, 0.25) is 5.91 Å². The summed E-state index contributed by atoms with van der Waals surface area (Å²) in [4.78, 5) is 12.6. The minimum atomic E-state index is -1.04. The molecule has 0 aromatic heterocycles. The lowest BCUT2D eigenvalue weighted by atomic mass is 9.85. The number of aliphatic hydroxyl groups excluding tert-OH is 1. The highest BCUT2D eigenvalue weighted by molar-refractivity contribution is 8.01. The van der Waals surface area contributed by atoms with Gasteiger partial charge in [0.25, 0.3) is 0 Å². The lowest BCUT2D eigenvalue weighted by molar-refractivity contribution is -0.121. The number of hydrogen-bond acceptors (Lipinski definition) is 3. The topological polar surface area (TPSA) is 49.3 Å². The number of hydrogen-bond donors (Lipinski definition) is 2. The van der Waals surface area contributed by atoms with Crippen molar-refractivity contribution >= 4 is 17.7 Å². The molecule has 0 unspecified atom stereocenters. The van der Waals surface area contributed by atoms with Crippen LogP contribution < -0.4 is 5.32 Å². The van der Waals surface area contributed by atoms with E-state index in [1.54, 1.807) is 19.9 Å². The average Bonchev–Trinajstić information content (AvgIpc) is 2.51. The van der Waals surface area contributed by atoms with Gasteiger partial charge in [-0.05, 0) is 39.0 Å². The second-order valence-corrected chi connectivity index (χ2v) is 8.68. The number of halogens is 2. The highest BCUT2D eigenvalue weighted by Gasteiger charge is 2.31. The second-order valence-electron chi connectivity index (χ2n) is 7.01. The molecule has 2 N–H and O–H groups in total. The number of aliphatic hydroxyl groups is 1. The van der Waals surface area contributed by atoms with Gasteiger partial charge in [0.15, 0.2) is 11.6 Å². The fraction of sp³-hybridized carbons (Fsp3) is 0.421. The van der Waals surface area contributed by atoms with Crippen LogP contribution >= 0.6 is 11.8 Å². The third-order valence-corrected chi connectivity index (χ3v) is 5.19. The number of allylic oxidation sites excluding steroid dienone is 1. The summed E-state index contributed by atoms with van der Waals surface area (Å²) >= 11 is 0.937. The summed E-state index contributed by atoms with van der Waals surface area (Å²) in [6, 6.07) is 3.86. The maximum Gasteiger partial charge on any atom is 0.240 e. The zero-order chi connectivity index (χ0) is 19.4. The summed E-state index contributed by atoms with van der Waals surface area (Å²) < 4.78 is 26.1. The van der Waals surface area contributed by atoms with Gasteiger partial charge in [0.1, 0.15) is 0 Å². The van der Waals surface area contributed by atoms with Crippen LogP contribution in [0.5, 0.6) is 0 Å². The molecule has 1 amide bonds. The standard InChI is InChI=1S/C19H25F2NO2S/c1-12(18(3,4)11-23)10-13(2)22-17(24)19(5,6)25-15-9-7-8-14(20)16(15)21/h7-10,23H,2,11H2,1,3-6H3,(H,22,24)/b12-10+. The van der Waals surface area contributed by atoms with Crippen molar-refractivity contribution in [2.24, 2.45) is 5.41 Å². The molecule has 0 heterocycles. The number of amides is 1. The average molecular weight is 369 g/mol. The highest BCUT2D eigenvalue weighted by atomic mass is 32.2. The number of rotatable bonds is 7. The van der Waals surface area contributed by atoms with E-state index in [4.69, 9.17) is 0 Å². The van der Waals surface area contributed by atoms with Crippen molar-refractivity contribution in [1.82, 2.24) is 5.32 Å². The number of carbonyl (C=O) groups excluding carboxylic acids is 1. The normalized spacial score (nSPS) is 12.9. The van der Waals surface area contributed by atoms with Crippen LogP contribution in [-0.2, 0) is 4.79 Å². The maximum atomic E-state index is 13.8. The predicted octanol–water partition coefficient (Wildman–Crippen LogP) is 4.43. The molecule has 138 valence electrons. The Morgan fingerprint density at radius 1 is 1.32 bits per heavy atom. The van der Waals surface area contributed by atoms with Gasteiger partial charge in [-0.2, -0.15) is 0 Å². The van der Waals surface area contributed by atoms with E-state index in [1.807, 2.05) is 20.8 Å². The van der Waals surface area contributed by atoms with E-state index < -0.39 is 21.8 Å². The van der Waals surface area contributed by atoms with E-state index >= 15 is 0 Å². The van der Waals surface area contributed by atoms with Crippen LogP contribution in [-0.4, -0.2) is 22.4 Å². The van der Waals surface area contributed by atoms with Crippen LogP contribution in [0.4, 0.5) is 8.78 Å². The lowest BCUT2D eigenvalue weighted by Gasteiger charge is -2.25. The molecule has 6 heteroatoms. The molecular weight excluding hydrogens is 344 g/mol. The van der Waals surface area contributed by atoms with Crippen molar-refractivity contribution in [3.8, 4) is 0 Å². The van der Waals surface area contributed by atoms with Gasteiger partial charge >= 0.3 is 0 Å². The van der Waals surface area contributed by atoms with Crippen molar-refractivity contribution in [1.29, 1.82) is 0 Å². The van der Waals surface area contributed by atoms with Crippen LogP contribution in [0.15, 0.2) is 47.0 Å². The zero-order valence-corrected chi connectivity index (χ0v) is 16.1. The summed E-state index contributed by atoms with van der Waals surface area (Å²) in [5, 5.41) is 12.0. The van der Waals surface area contributed by atoms with Crippen LogP contribution in [0, 0.1) is 17.0 Å². The van der Waals surface area contributed by atoms with Gasteiger partial charge in [-0.25, -0.2) is 8.78 Å². The quantitative estimate of drug-likeness (QED) is 0.552. The minimum Gasteiger partial charge on any atom is -0.395 e. The fourth-order valence-corrected chi connectivity index (χ4v) is 2.83. The summed E-state index contributed by atoms with van der Waals surface area (Å²) in [5.41, 5.74) is 0.808. The molecule has 1 rings (SSSR count). The van der Waals surface area contributed by atoms with Gasteiger partial charge in [-0.3, -0.25) is 4.79 Å². The molecule has 0 saturated carbocycles. The van der Waals surface area contributed by atoms with E-state index in [0.29, 0.717) is 5.70 Å². The zero-order valence-electron chi connectivity index (χ0n) is 15.2. The van der Waals surface area contributed by atoms with Crippen molar-refractivity contribution in [2.45, 2.75) is 44.3 Å². The first kappa shape index (κ1) is 21.4. The molecule has 0 fully saturated rings. The molecule has 0 atom stereocenters. The minimum absolute atomic E-state index is 0.0310. The SMILES string of the molecule is C=C(/C=C(\C)C(C)(C)CO)NC(=O)C(C)(C)Sc1cccc(F)c1F. The molecule has 3 nitrogen and oxygen atoms in total. The van der Waals surface area contributed by atoms with E-state index in [0.717, 1.165) is 23.4 Å². The Hall–Kier alpha value is -1.66. The molecule has 1 aromatic carbocycles. The number of carbonyl (C=O) groups is 1. The molecule has 1 aromatic rings. The summed E-state index contributed by atoms with van der Waals surface area (Å²) in [5.74, 6) is -2.29. The Bertz CT molecular complexity index is 697. The smallest absolute Gasteiger partial charge is 0.240 e. The fourth-order valence-electron chi connectivity index (χ4n) is 1.80. The van der Waals surface area contributed by atoms with Crippen molar-refractivity contribution in [3.63, 3.8) is 0 Å². The molecule has 0 aliphatic carbocycles. The highest BCUT2D eigenvalue weighted by Crippen LogP contribution is 2.35. The Morgan fingerprint density at radius 3 is 2.48 bits per heavy atom. The number of thioether (sulfide) groups is 1. The van der Waals surface area contributed by atoms with E-state index in [1.165, 1.54) is 12.1 Å². The van der Waals surface area contributed by atoms with Crippen molar-refractivity contribution in [3.05, 3.63) is 53.8 Å². The van der Waals surface area contributed by atoms with Gasteiger partial charge in [0, 0.05) is 16.0 Å². The van der Waals surface area contributed by atoms with Gasteiger partial charge in [-0.1, -0.05) is 32.1 Å². The Labute approximate surface area is 152 Å². The summed E-state index contributed by atoms with van der Waals surface area (Å²) in [6.45, 7) is 12.6. The first-order valence-electron chi connectivity index (χ1n) is 7.84. The van der Waals surface area contributed by atoms with Gasteiger partial charge in [0.05, 0.1) is 11.4 Å². The predicted molar refractivity (Wildman–Crippen MR) is 98.2 cm³/mol. The maximum absolute atomic E-state index is 13.8. The first-order valence-corrected chi connectivity index (χ1v) is 8.65. The molecule has 0 aliphatic heterocycles. The molecule has 0 bridgehead atoms. The Kier molecular flexibility index (Phi) is 6.97. The molecule has 25 heavy (non-hydrogen) atoms. The molecule has 0 radical (unpaired) electrons. The molecule has 0 spiro atoms. The van der Waals surface area contributed by atoms with Crippen LogP contribution in [0.3, 0.4) is 0 Å². The summed E-state index contributed by atoms with van der Waals surface area (Å²) in [7, 11) is 0. The monoisotopic (exact) mass is 369 g/mol. The van der Waals surface area contributed by atoms with Crippen LogP contribution in [0.2, 0.25) is 0 Å². The first-order chi connectivity index (χ1) is 11.4. The van der Waals surface area contributed by atoms with E-state index in [-0.39, 0.29) is 17.4 Å². The third-order valence-electron chi connectivity index (χ3n) is 3.96.